The van der Waals surface area contributed by atoms with Crippen molar-refractivity contribution < 1.29 is 9.84 Å². The van der Waals surface area contributed by atoms with E-state index in [2.05, 4.69) is 36.9 Å². The number of aryl methyl sites for hydroxylation is 2. The largest absolute Gasteiger partial charge is 0.492 e. The highest BCUT2D eigenvalue weighted by Gasteiger charge is 2.23. The van der Waals surface area contributed by atoms with E-state index in [0.29, 0.717) is 12.6 Å². The highest BCUT2D eigenvalue weighted by molar-refractivity contribution is 5.35. The van der Waals surface area contributed by atoms with Crippen molar-refractivity contribution in [3.8, 4) is 5.75 Å². The molecular weight excluding hydrogens is 226 g/mol. The second-order valence-corrected chi connectivity index (χ2v) is 5.13. The molecular formula is C15H23NO2. The maximum absolute atomic E-state index is 9.25. The molecule has 0 unspecified atom stereocenters. The number of hydrogen-bond donors (Lipinski definition) is 1. The summed E-state index contributed by atoms with van der Waals surface area (Å²) in [5.41, 5.74) is 2.41. The molecule has 0 amide bonds. The van der Waals surface area contributed by atoms with Gasteiger partial charge < -0.3 is 9.84 Å². The number of nitrogens with zero attached hydrogens (tertiary/aromatic N) is 1. The predicted molar refractivity (Wildman–Crippen MR) is 73.1 cm³/mol. The first-order valence-electron chi connectivity index (χ1n) is 6.75. The topological polar surface area (TPSA) is 32.7 Å². The Hall–Kier alpha value is -1.06. The van der Waals surface area contributed by atoms with Gasteiger partial charge in [0.2, 0.25) is 0 Å². The molecule has 3 nitrogen and oxygen atoms in total. The van der Waals surface area contributed by atoms with Crippen LogP contribution in [0.3, 0.4) is 0 Å². The summed E-state index contributed by atoms with van der Waals surface area (Å²) in [6.45, 7) is 7.10. The summed E-state index contributed by atoms with van der Waals surface area (Å²) in [6.07, 6.45) is 2.30. The summed E-state index contributed by atoms with van der Waals surface area (Å²) in [6, 6.07) is 6.62. The number of likely N-dealkylation sites (tertiary alicyclic amines) is 1. The van der Waals surface area contributed by atoms with Crippen molar-refractivity contribution in [1.82, 2.24) is 4.90 Å². The molecule has 1 aromatic carbocycles. The van der Waals surface area contributed by atoms with Gasteiger partial charge in [-0.2, -0.15) is 0 Å². The summed E-state index contributed by atoms with van der Waals surface area (Å²) in [5, 5.41) is 9.25. The molecule has 100 valence electrons. The van der Waals surface area contributed by atoms with Crippen LogP contribution in [0.4, 0.5) is 0 Å². The molecule has 1 aliphatic rings. The Kier molecular flexibility index (Phi) is 4.61. The van der Waals surface area contributed by atoms with Crippen molar-refractivity contribution in [2.45, 2.75) is 32.7 Å². The molecule has 3 heteroatoms. The van der Waals surface area contributed by atoms with Gasteiger partial charge in [0, 0.05) is 12.6 Å². The Morgan fingerprint density at radius 2 is 2.22 bits per heavy atom. The van der Waals surface area contributed by atoms with Crippen LogP contribution in [0, 0.1) is 13.8 Å². The van der Waals surface area contributed by atoms with Gasteiger partial charge in [-0.1, -0.05) is 12.1 Å². The summed E-state index contributed by atoms with van der Waals surface area (Å²) in [5.74, 6) is 0.981. The Bertz CT molecular complexity index is 392. The highest BCUT2D eigenvalue weighted by Crippen LogP contribution is 2.20. The van der Waals surface area contributed by atoms with E-state index in [-0.39, 0.29) is 6.61 Å². The predicted octanol–water partition coefficient (Wildman–Crippen LogP) is 2.14. The Morgan fingerprint density at radius 3 is 3.00 bits per heavy atom. The number of aliphatic hydroxyl groups is 1. The summed E-state index contributed by atoms with van der Waals surface area (Å²) >= 11 is 0. The van der Waals surface area contributed by atoms with Crippen molar-refractivity contribution in [2.24, 2.45) is 0 Å². The lowest BCUT2D eigenvalue weighted by atomic mass is 10.1. The van der Waals surface area contributed by atoms with Crippen LogP contribution in [0.5, 0.6) is 5.75 Å². The highest BCUT2D eigenvalue weighted by atomic mass is 16.5. The number of benzene rings is 1. The fourth-order valence-corrected chi connectivity index (χ4v) is 2.53. The third kappa shape index (κ3) is 3.24. The molecule has 2 rings (SSSR count). The van der Waals surface area contributed by atoms with Gasteiger partial charge in [0.05, 0.1) is 6.61 Å². The molecule has 0 radical (unpaired) electrons. The van der Waals surface area contributed by atoms with E-state index in [1.807, 2.05) is 0 Å². The van der Waals surface area contributed by atoms with Gasteiger partial charge in [-0.3, -0.25) is 4.90 Å². The smallest absolute Gasteiger partial charge is 0.122 e. The van der Waals surface area contributed by atoms with E-state index in [4.69, 9.17) is 4.74 Å². The van der Waals surface area contributed by atoms with Crippen LogP contribution in [0.15, 0.2) is 18.2 Å². The minimum Gasteiger partial charge on any atom is -0.492 e. The van der Waals surface area contributed by atoms with Crippen molar-refractivity contribution in [2.75, 3.05) is 26.3 Å². The summed E-state index contributed by atoms with van der Waals surface area (Å²) in [7, 11) is 0. The molecule has 18 heavy (non-hydrogen) atoms. The molecule has 1 fully saturated rings. The minimum atomic E-state index is 0.267. The lowest BCUT2D eigenvalue weighted by Crippen LogP contribution is -2.35. The van der Waals surface area contributed by atoms with Gasteiger partial charge in [-0.25, -0.2) is 0 Å². The standard InChI is InChI=1S/C15H23NO2/c1-12-5-6-13(2)15(10-12)18-9-8-16-7-3-4-14(16)11-17/h5-6,10,14,17H,3-4,7-9,11H2,1-2H3/t14-/m0/s1. The summed E-state index contributed by atoms with van der Waals surface area (Å²) in [4.78, 5) is 2.32. The van der Waals surface area contributed by atoms with Crippen LogP contribution >= 0.6 is 0 Å². The van der Waals surface area contributed by atoms with Gasteiger partial charge in [0.15, 0.2) is 0 Å². The van der Waals surface area contributed by atoms with E-state index in [1.54, 1.807) is 0 Å². The third-order valence-electron chi connectivity index (χ3n) is 3.69. The Labute approximate surface area is 109 Å². The fraction of sp³-hybridized carbons (Fsp3) is 0.600. The quantitative estimate of drug-likeness (QED) is 0.868. The average molecular weight is 249 g/mol. The number of ether oxygens (including phenoxy) is 1. The van der Waals surface area contributed by atoms with Crippen LogP contribution in [0.1, 0.15) is 24.0 Å². The van der Waals surface area contributed by atoms with Crippen molar-refractivity contribution in [3.63, 3.8) is 0 Å². The summed E-state index contributed by atoms with van der Waals surface area (Å²) < 4.78 is 5.85. The number of hydrogen-bond acceptors (Lipinski definition) is 3. The maximum atomic E-state index is 9.25. The third-order valence-corrected chi connectivity index (χ3v) is 3.69. The lowest BCUT2D eigenvalue weighted by molar-refractivity contribution is 0.139. The van der Waals surface area contributed by atoms with Gasteiger partial charge in [0.25, 0.3) is 0 Å². The van der Waals surface area contributed by atoms with Crippen LogP contribution in [0.25, 0.3) is 0 Å². The number of aliphatic hydroxyl groups excluding tert-OH is 1. The van der Waals surface area contributed by atoms with E-state index in [0.717, 1.165) is 25.3 Å². The maximum Gasteiger partial charge on any atom is 0.122 e. The van der Waals surface area contributed by atoms with Gasteiger partial charge in [-0.05, 0) is 50.4 Å². The van der Waals surface area contributed by atoms with E-state index in [9.17, 15) is 5.11 Å². The van der Waals surface area contributed by atoms with Crippen LogP contribution < -0.4 is 4.74 Å². The molecule has 1 aromatic rings. The lowest BCUT2D eigenvalue weighted by Gasteiger charge is -2.22. The molecule has 1 N–H and O–H groups in total. The molecule has 1 aliphatic heterocycles. The van der Waals surface area contributed by atoms with Gasteiger partial charge in [-0.15, -0.1) is 0 Å². The van der Waals surface area contributed by atoms with Crippen LogP contribution in [-0.4, -0.2) is 42.4 Å². The SMILES string of the molecule is Cc1ccc(C)c(OCCN2CCC[C@H]2CO)c1. The van der Waals surface area contributed by atoms with Crippen molar-refractivity contribution in [1.29, 1.82) is 0 Å². The first kappa shape index (κ1) is 13.4. The Balaban J connectivity index is 1.83. The zero-order valence-electron chi connectivity index (χ0n) is 11.4. The Morgan fingerprint density at radius 1 is 1.39 bits per heavy atom. The zero-order valence-corrected chi connectivity index (χ0v) is 11.4. The average Bonchev–Trinajstić information content (AvgIpc) is 2.81. The molecule has 0 saturated carbocycles. The second kappa shape index (κ2) is 6.21. The van der Waals surface area contributed by atoms with Gasteiger partial charge >= 0.3 is 0 Å². The van der Waals surface area contributed by atoms with Crippen molar-refractivity contribution in [3.05, 3.63) is 29.3 Å². The molecule has 0 bridgehead atoms. The monoisotopic (exact) mass is 249 g/mol. The molecule has 1 saturated heterocycles. The molecule has 1 heterocycles. The molecule has 1 atom stereocenters. The van der Waals surface area contributed by atoms with E-state index >= 15 is 0 Å². The zero-order chi connectivity index (χ0) is 13.0. The first-order valence-corrected chi connectivity index (χ1v) is 6.75. The second-order valence-electron chi connectivity index (χ2n) is 5.13. The minimum absolute atomic E-state index is 0.267. The van der Waals surface area contributed by atoms with E-state index in [1.165, 1.54) is 17.5 Å². The van der Waals surface area contributed by atoms with Gasteiger partial charge in [0.1, 0.15) is 12.4 Å². The molecule has 0 spiro atoms. The normalized spacial score (nSPS) is 20.3. The van der Waals surface area contributed by atoms with Crippen LogP contribution in [0.2, 0.25) is 0 Å². The fourth-order valence-electron chi connectivity index (χ4n) is 2.53. The number of rotatable bonds is 5. The van der Waals surface area contributed by atoms with Crippen LogP contribution in [-0.2, 0) is 0 Å². The van der Waals surface area contributed by atoms with E-state index < -0.39 is 0 Å². The first-order chi connectivity index (χ1) is 8.70. The molecule has 0 aliphatic carbocycles. The van der Waals surface area contributed by atoms with Crippen molar-refractivity contribution >= 4 is 0 Å². The molecule has 0 aromatic heterocycles.